The van der Waals surface area contributed by atoms with Crippen molar-refractivity contribution in [3.05, 3.63) is 0 Å². The molecule has 1 heterocycles. The van der Waals surface area contributed by atoms with Crippen molar-refractivity contribution in [1.82, 2.24) is 10.2 Å². The summed E-state index contributed by atoms with van der Waals surface area (Å²) in [5.41, 5.74) is 0. The summed E-state index contributed by atoms with van der Waals surface area (Å²) >= 11 is 0. The Hall–Kier alpha value is -0.0800. The number of rotatable bonds is 6. The van der Waals surface area contributed by atoms with E-state index in [4.69, 9.17) is 0 Å². The van der Waals surface area contributed by atoms with Crippen LogP contribution in [0.1, 0.15) is 46.0 Å². The second-order valence-corrected chi connectivity index (χ2v) is 5.91. The number of hydrogen-bond donors (Lipinski definition) is 1. The van der Waals surface area contributed by atoms with Crippen LogP contribution in [-0.2, 0) is 0 Å². The smallest absolute Gasteiger partial charge is 0.0223 e. The first-order chi connectivity index (χ1) is 7.79. The predicted octanol–water partition coefficient (Wildman–Crippen LogP) is 2.50. The molecule has 1 aliphatic heterocycles. The van der Waals surface area contributed by atoms with Gasteiger partial charge in [-0.25, -0.2) is 0 Å². The Kier molecular flexibility index (Phi) is 4.66. The molecule has 94 valence electrons. The maximum atomic E-state index is 3.75. The summed E-state index contributed by atoms with van der Waals surface area (Å²) in [6.07, 6.45) is 7.04. The molecule has 0 bridgehead atoms. The van der Waals surface area contributed by atoms with Crippen molar-refractivity contribution in [2.45, 2.75) is 52.0 Å². The SMILES string of the molecule is CCCNC(CN1CCCC(C)C1)C1CC1. The first-order valence-electron chi connectivity index (χ1n) is 7.25. The summed E-state index contributed by atoms with van der Waals surface area (Å²) in [5.74, 6) is 1.91. The van der Waals surface area contributed by atoms with Crippen LogP contribution in [0, 0.1) is 11.8 Å². The number of nitrogens with one attached hydrogen (secondary N) is 1. The summed E-state index contributed by atoms with van der Waals surface area (Å²) < 4.78 is 0. The van der Waals surface area contributed by atoms with E-state index in [9.17, 15) is 0 Å². The van der Waals surface area contributed by atoms with E-state index < -0.39 is 0 Å². The van der Waals surface area contributed by atoms with Crippen LogP contribution in [0.5, 0.6) is 0 Å². The molecule has 1 saturated heterocycles. The number of likely N-dealkylation sites (tertiary alicyclic amines) is 1. The average Bonchev–Trinajstić information content (AvgIpc) is 3.08. The summed E-state index contributed by atoms with van der Waals surface area (Å²) in [5, 5.41) is 3.75. The van der Waals surface area contributed by atoms with E-state index in [0.29, 0.717) is 0 Å². The molecule has 2 fully saturated rings. The summed E-state index contributed by atoms with van der Waals surface area (Å²) in [7, 11) is 0. The van der Waals surface area contributed by atoms with Gasteiger partial charge in [0.1, 0.15) is 0 Å². The lowest BCUT2D eigenvalue weighted by molar-refractivity contribution is 0.161. The quantitative estimate of drug-likeness (QED) is 0.746. The molecule has 1 saturated carbocycles. The van der Waals surface area contributed by atoms with E-state index in [1.54, 1.807) is 0 Å². The molecule has 2 rings (SSSR count). The standard InChI is InChI=1S/C14H28N2/c1-3-8-15-14(13-6-7-13)11-16-9-4-5-12(2)10-16/h12-15H,3-11H2,1-2H3. The highest BCUT2D eigenvalue weighted by molar-refractivity contribution is 4.89. The average molecular weight is 224 g/mol. The summed E-state index contributed by atoms with van der Waals surface area (Å²) in [4.78, 5) is 2.69. The van der Waals surface area contributed by atoms with Gasteiger partial charge in [-0.15, -0.1) is 0 Å². The van der Waals surface area contributed by atoms with Gasteiger partial charge in [-0.2, -0.15) is 0 Å². The molecule has 0 aromatic carbocycles. The Morgan fingerprint density at radius 2 is 2.12 bits per heavy atom. The monoisotopic (exact) mass is 224 g/mol. The van der Waals surface area contributed by atoms with E-state index in [2.05, 4.69) is 24.1 Å². The maximum absolute atomic E-state index is 3.75. The third-order valence-corrected chi connectivity index (χ3v) is 4.04. The van der Waals surface area contributed by atoms with Crippen LogP contribution in [0.15, 0.2) is 0 Å². The fourth-order valence-corrected chi connectivity index (χ4v) is 2.94. The van der Waals surface area contributed by atoms with E-state index in [0.717, 1.165) is 17.9 Å². The van der Waals surface area contributed by atoms with Crippen molar-refractivity contribution in [1.29, 1.82) is 0 Å². The Bertz CT molecular complexity index is 201. The van der Waals surface area contributed by atoms with Gasteiger partial charge < -0.3 is 10.2 Å². The normalized spacial score (nSPS) is 29.2. The highest BCUT2D eigenvalue weighted by Crippen LogP contribution is 2.33. The molecule has 16 heavy (non-hydrogen) atoms. The topological polar surface area (TPSA) is 15.3 Å². The molecule has 2 unspecified atom stereocenters. The molecule has 2 heteroatoms. The molecule has 0 amide bonds. The van der Waals surface area contributed by atoms with Gasteiger partial charge in [-0.05, 0) is 57.0 Å². The van der Waals surface area contributed by atoms with Crippen molar-refractivity contribution >= 4 is 0 Å². The molecule has 0 spiro atoms. The second-order valence-electron chi connectivity index (χ2n) is 5.91. The Labute approximate surface area is 101 Å². The van der Waals surface area contributed by atoms with Crippen LogP contribution in [0.2, 0.25) is 0 Å². The zero-order valence-corrected chi connectivity index (χ0v) is 11.0. The van der Waals surface area contributed by atoms with E-state index in [1.165, 1.54) is 58.3 Å². The van der Waals surface area contributed by atoms with Gasteiger partial charge in [0.25, 0.3) is 0 Å². The third-order valence-electron chi connectivity index (χ3n) is 4.04. The summed E-state index contributed by atoms with van der Waals surface area (Å²) in [6.45, 7) is 9.83. The molecular weight excluding hydrogens is 196 g/mol. The van der Waals surface area contributed by atoms with Gasteiger partial charge in [0.05, 0.1) is 0 Å². The van der Waals surface area contributed by atoms with Crippen LogP contribution in [0.4, 0.5) is 0 Å². The van der Waals surface area contributed by atoms with Gasteiger partial charge in [0, 0.05) is 19.1 Å². The highest BCUT2D eigenvalue weighted by atomic mass is 15.2. The molecule has 0 radical (unpaired) electrons. The minimum Gasteiger partial charge on any atom is -0.312 e. The molecule has 0 aromatic rings. The fourth-order valence-electron chi connectivity index (χ4n) is 2.94. The molecule has 1 N–H and O–H groups in total. The molecule has 0 aromatic heterocycles. The van der Waals surface area contributed by atoms with Crippen LogP contribution in [-0.4, -0.2) is 37.1 Å². The van der Waals surface area contributed by atoms with Crippen molar-refractivity contribution in [3.8, 4) is 0 Å². The minimum atomic E-state index is 0.783. The Morgan fingerprint density at radius 1 is 1.31 bits per heavy atom. The van der Waals surface area contributed by atoms with Crippen molar-refractivity contribution in [2.24, 2.45) is 11.8 Å². The van der Waals surface area contributed by atoms with Gasteiger partial charge in [-0.1, -0.05) is 13.8 Å². The highest BCUT2D eigenvalue weighted by Gasteiger charge is 2.32. The first kappa shape index (κ1) is 12.4. The maximum Gasteiger partial charge on any atom is 0.0223 e. The molecule has 2 atom stereocenters. The van der Waals surface area contributed by atoms with E-state index in [-0.39, 0.29) is 0 Å². The van der Waals surface area contributed by atoms with E-state index >= 15 is 0 Å². The van der Waals surface area contributed by atoms with Crippen LogP contribution in [0.25, 0.3) is 0 Å². The van der Waals surface area contributed by atoms with Gasteiger partial charge in [-0.3, -0.25) is 0 Å². The molecule has 2 nitrogen and oxygen atoms in total. The Morgan fingerprint density at radius 3 is 2.75 bits per heavy atom. The third kappa shape index (κ3) is 3.74. The zero-order chi connectivity index (χ0) is 11.4. The fraction of sp³-hybridized carbons (Fsp3) is 1.00. The predicted molar refractivity (Wildman–Crippen MR) is 69.6 cm³/mol. The van der Waals surface area contributed by atoms with Gasteiger partial charge >= 0.3 is 0 Å². The van der Waals surface area contributed by atoms with Crippen molar-refractivity contribution < 1.29 is 0 Å². The largest absolute Gasteiger partial charge is 0.312 e. The zero-order valence-electron chi connectivity index (χ0n) is 11.0. The molecular formula is C14H28N2. The Balaban J connectivity index is 1.75. The van der Waals surface area contributed by atoms with Gasteiger partial charge in [0.15, 0.2) is 0 Å². The molecule has 2 aliphatic rings. The summed E-state index contributed by atoms with van der Waals surface area (Å²) in [6, 6.07) is 0.783. The van der Waals surface area contributed by atoms with Crippen LogP contribution >= 0.6 is 0 Å². The number of piperidine rings is 1. The van der Waals surface area contributed by atoms with Crippen LogP contribution in [0.3, 0.4) is 0 Å². The van der Waals surface area contributed by atoms with Crippen molar-refractivity contribution in [2.75, 3.05) is 26.2 Å². The second kappa shape index (κ2) is 6.02. The lowest BCUT2D eigenvalue weighted by Gasteiger charge is -2.34. The molecule has 1 aliphatic carbocycles. The van der Waals surface area contributed by atoms with Gasteiger partial charge in [0.2, 0.25) is 0 Å². The lowest BCUT2D eigenvalue weighted by atomic mass is 9.99. The number of hydrogen-bond acceptors (Lipinski definition) is 2. The van der Waals surface area contributed by atoms with Crippen molar-refractivity contribution in [3.63, 3.8) is 0 Å². The van der Waals surface area contributed by atoms with E-state index in [1.807, 2.05) is 0 Å². The minimum absolute atomic E-state index is 0.783. The van der Waals surface area contributed by atoms with Crippen LogP contribution < -0.4 is 5.32 Å². The number of nitrogens with zero attached hydrogens (tertiary/aromatic N) is 1. The first-order valence-corrected chi connectivity index (χ1v) is 7.25. The lowest BCUT2D eigenvalue weighted by Crippen LogP contribution is -2.46.